The minimum absolute atomic E-state index is 0.0397. The molecular formula is C21H27N3O5S2. The van der Waals surface area contributed by atoms with Gasteiger partial charge in [-0.3, -0.25) is 4.79 Å². The highest BCUT2D eigenvalue weighted by atomic mass is 32.2. The van der Waals surface area contributed by atoms with E-state index in [4.69, 9.17) is 0 Å². The number of unbranched alkanes of at least 4 members (excludes halogenated alkanes) is 1. The number of carbonyl (C=O) groups is 1. The Balaban J connectivity index is 1.92. The molecule has 1 fully saturated rings. The summed E-state index contributed by atoms with van der Waals surface area (Å²) in [5, 5.41) is 2.75. The van der Waals surface area contributed by atoms with Gasteiger partial charge in [0, 0.05) is 26.2 Å². The van der Waals surface area contributed by atoms with Crippen molar-refractivity contribution >= 4 is 26.0 Å². The lowest BCUT2D eigenvalue weighted by atomic mass is 10.2. The van der Waals surface area contributed by atoms with Gasteiger partial charge in [0.25, 0.3) is 0 Å². The van der Waals surface area contributed by atoms with E-state index >= 15 is 0 Å². The number of rotatable bonds is 8. The number of piperazine rings is 1. The Bertz CT molecular complexity index is 1090. The molecule has 1 heterocycles. The van der Waals surface area contributed by atoms with Crippen LogP contribution in [-0.2, 0) is 24.8 Å². The Morgan fingerprint density at radius 1 is 0.903 bits per heavy atom. The number of carbonyl (C=O) groups excluding carboxylic acids is 1. The number of hydrogen-bond acceptors (Lipinski definition) is 5. The molecule has 168 valence electrons. The number of nitrogens with zero attached hydrogens (tertiary/aromatic N) is 2. The zero-order valence-electron chi connectivity index (χ0n) is 17.3. The van der Waals surface area contributed by atoms with Crippen molar-refractivity contribution < 1.29 is 21.6 Å². The third kappa shape index (κ3) is 5.15. The number of amides is 1. The first-order chi connectivity index (χ1) is 14.8. The van der Waals surface area contributed by atoms with E-state index in [1.165, 1.54) is 28.6 Å². The minimum atomic E-state index is -3.97. The largest absolute Gasteiger partial charge is 0.355 e. The fourth-order valence-electron chi connectivity index (χ4n) is 3.44. The minimum Gasteiger partial charge on any atom is -0.355 e. The van der Waals surface area contributed by atoms with Gasteiger partial charge >= 0.3 is 0 Å². The molecule has 1 saturated heterocycles. The Morgan fingerprint density at radius 3 is 2.00 bits per heavy atom. The van der Waals surface area contributed by atoms with E-state index in [2.05, 4.69) is 5.32 Å². The molecule has 31 heavy (non-hydrogen) atoms. The summed E-state index contributed by atoms with van der Waals surface area (Å²) in [4.78, 5) is 13.1. The Hall–Kier alpha value is -2.27. The van der Waals surface area contributed by atoms with Crippen molar-refractivity contribution in [1.29, 1.82) is 0 Å². The van der Waals surface area contributed by atoms with E-state index in [9.17, 15) is 21.6 Å². The Morgan fingerprint density at radius 2 is 1.45 bits per heavy atom. The number of sulfonamides is 2. The molecule has 1 aliphatic rings. The van der Waals surface area contributed by atoms with Crippen LogP contribution >= 0.6 is 0 Å². The van der Waals surface area contributed by atoms with Crippen LogP contribution in [0.15, 0.2) is 70.5 Å². The first kappa shape index (κ1) is 23.4. The molecule has 0 radical (unpaired) electrons. The summed E-state index contributed by atoms with van der Waals surface area (Å²) in [6, 6.07) is 14.6. The lowest BCUT2D eigenvalue weighted by Gasteiger charge is -2.38. The highest BCUT2D eigenvalue weighted by molar-refractivity contribution is 7.89. The van der Waals surface area contributed by atoms with E-state index in [-0.39, 0.29) is 29.4 Å². The van der Waals surface area contributed by atoms with Crippen LogP contribution in [0.5, 0.6) is 0 Å². The molecule has 2 aromatic rings. The topological polar surface area (TPSA) is 104 Å². The van der Waals surface area contributed by atoms with E-state index in [1.807, 2.05) is 6.92 Å². The molecule has 1 N–H and O–H groups in total. The van der Waals surface area contributed by atoms with Gasteiger partial charge in [0.1, 0.15) is 6.04 Å². The van der Waals surface area contributed by atoms with Crippen molar-refractivity contribution in [3.63, 3.8) is 0 Å². The van der Waals surface area contributed by atoms with Gasteiger partial charge in [-0.2, -0.15) is 8.61 Å². The lowest BCUT2D eigenvalue weighted by molar-refractivity contribution is -0.125. The van der Waals surface area contributed by atoms with Crippen molar-refractivity contribution in [1.82, 2.24) is 13.9 Å². The van der Waals surface area contributed by atoms with E-state index in [0.29, 0.717) is 6.54 Å². The molecule has 2 aromatic carbocycles. The average molecular weight is 466 g/mol. The molecular weight excluding hydrogens is 438 g/mol. The summed E-state index contributed by atoms with van der Waals surface area (Å²) in [5.41, 5.74) is 0. The van der Waals surface area contributed by atoms with Gasteiger partial charge in [-0.25, -0.2) is 16.8 Å². The van der Waals surface area contributed by atoms with Crippen LogP contribution in [0.2, 0.25) is 0 Å². The van der Waals surface area contributed by atoms with Gasteiger partial charge in [0.15, 0.2) is 0 Å². The second-order valence-electron chi connectivity index (χ2n) is 7.27. The number of nitrogens with one attached hydrogen (secondary N) is 1. The van der Waals surface area contributed by atoms with Gasteiger partial charge < -0.3 is 5.32 Å². The maximum absolute atomic E-state index is 13.2. The molecule has 1 aliphatic heterocycles. The fraction of sp³-hybridized carbons (Fsp3) is 0.381. The molecule has 1 atom stereocenters. The summed E-state index contributed by atoms with van der Waals surface area (Å²) in [7, 11) is -7.82. The summed E-state index contributed by atoms with van der Waals surface area (Å²) in [5.74, 6) is -0.499. The van der Waals surface area contributed by atoms with Crippen LogP contribution in [0.3, 0.4) is 0 Å². The summed E-state index contributed by atoms with van der Waals surface area (Å²) < 4.78 is 54.9. The second kappa shape index (κ2) is 9.90. The van der Waals surface area contributed by atoms with Crippen LogP contribution in [0.1, 0.15) is 19.8 Å². The molecule has 0 saturated carbocycles. The maximum Gasteiger partial charge on any atom is 0.243 e. The first-order valence-electron chi connectivity index (χ1n) is 10.2. The fourth-order valence-corrected chi connectivity index (χ4v) is 6.49. The van der Waals surface area contributed by atoms with E-state index < -0.39 is 32.0 Å². The standard InChI is InChI=1S/C21H27N3O5S2/c1-2-3-14-22-21(25)20-17-23(30(26,27)18-10-6-4-7-11-18)15-16-24(20)31(28,29)19-12-8-5-9-13-19/h4-13,20H,2-3,14-17H2,1H3,(H,22,25). The van der Waals surface area contributed by atoms with Crippen molar-refractivity contribution in [2.75, 3.05) is 26.2 Å². The van der Waals surface area contributed by atoms with Gasteiger partial charge in [-0.1, -0.05) is 49.7 Å². The predicted molar refractivity (Wildman–Crippen MR) is 117 cm³/mol. The number of benzene rings is 2. The molecule has 1 unspecified atom stereocenters. The summed E-state index contributed by atoms with van der Waals surface area (Å²) in [6.07, 6.45) is 1.61. The molecule has 10 heteroatoms. The third-order valence-corrected chi connectivity index (χ3v) is 8.96. The molecule has 0 spiro atoms. The smallest absolute Gasteiger partial charge is 0.243 e. The second-order valence-corrected chi connectivity index (χ2v) is 11.1. The van der Waals surface area contributed by atoms with Crippen molar-refractivity contribution in [2.24, 2.45) is 0 Å². The normalized spacial score (nSPS) is 18.5. The molecule has 0 bridgehead atoms. The molecule has 0 aromatic heterocycles. The highest BCUT2D eigenvalue weighted by Gasteiger charge is 2.43. The molecule has 0 aliphatic carbocycles. The van der Waals surface area contributed by atoms with Gasteiger partial charge in [0.2, 0.25) is 26.0 Å². The zero-order valence-corrected chi connectivity index (χ0v) is 19.0. The Kier molecular flexibility index (Phi) is 7.47. The van der Waals surface area contributed by atoms with Crippen LogP contribution < -0.4 is 5.32 Å². The molecule has 1 amide bonds. The monoisotopic (exact) mass is 465 g/mol. The summed E-state index contributed by atoms with van der Waals surface area (Å²) >= 11 is 0. The Labute approximate surface area is 184 Å². The first-order valence-corrected chi connectivity index (χ1v) is 13.1. The van der Waals surface area contributed by atoms with Gasteiger partial charge in [0.05, 0.1) is 9.79 Å². The van der Waals surface area contributed by atoms with Crippen molar-refractivity contribution in [3.05, 3.63) is 60.7 Å². The average Bonchev–Trinajstić information content (AvgIpc) is 2.80. The SMILES string of the molecule is CCCCNC(=O)C1CN(S(=O)(=O)c2ccccc2)CCN1S(=O)(=O)c1ccccc1. The van der Waals surface area contributed by atoms with Crippen LogP contribution in [0.4, 0.5) is 0 Å². The third-order valence-electron chi connectivity index (χ3n) is 5.16. The van der Waals surface area contributed by atoms with Crippen LogP contribution in [0.25, 0.3) is 0 Å². The van der Waals surface area contributed by atoms with Crippen molar-refractivity contribution in [3.8, 4) is 0 Å². The zero-order chi connectivity index (χ0) is 22.5. The maximum atomic E-state index is 13.2. The summed E-state index contributed by atoms with van der Waals surface area (Å²) in [6.45, 7) is 1.97. The number of hydrogen-bond donors (Lipinski definition) is 1. The van der Waals surface area contributed by atoms with Gasteiger partial charge in [-0.05, 0) is 30.7 Å². The van der Waals surface area contributed by atoms with E-state index in [0.717, 1.165) is 17.1 Å². The molecule has 3 rings (SSSR count). The quantitative estimate of drug-likeness (QED) is 0.597. The predicted octanol–water partition coefficient (Wildman–Crippen LogP) is 1.67. The van der Waals surface area contributed by atoms with Crippen LogP contribution in [-0.4, -0.2) is 63.6 Å². The van der Waals surface area contributed by atoms with Crippen LogP contribution in [0, 0.1) is 0 Å². The molecule has 8 nitrogen and oxygen atoms in total. The van der Waals surface area contributed by atoms with Crippen molar-refractivity contribution in [2.45, 2.75) is 35.6 Å². The van der Waals surface area contributed by atoms with Gasteiger partial charge in [-0.15, -0.1) is 0 Å². The lowest BCUT2D eigenvalue weighted by Crippen LogP contribution is -2.61. The van der Waals surface area contributed by atoms with E-state index in [1.54, 1.807) is 36.4 Å². The highest BCUT2D eigenvalue weighted by Crippen LogP contribution is 2.25.